The van der Waals surface area contributed by atoms with Gasteiger partial charge in [-0.3, -0.25) is 13.8 Å². The van der Waals surface area contributed by atoms with Crippen molar-refractivity contribution in [3.63, 3.8) is 0 Å². The van der Waals surface area contributed by atoms with E-state index in [4.69, 9.17) is 0 Å². The van der Waals surface area contributed by atoms with Gasteiger partial charge in [0.25, 0.3) is 0 Å². The molecular formula is C14H13FN4O. The van der Waals surface area contributed by atoms with Crippen molar-refractivity contribution in [1.82, 2.24) is 19.2 Å². The maximum absolute atomic E-state index is 13.6. The second kappa shape index (κ2) is 4.56. The van der Waals surface area contributed by atoms with Crippen LogP contribution in [0.2, 0.25) is 0 Å². The minimum Gasteiger partial charge on any atom is -0.280 e. The zero-order valence-electron chi connectivity index (χ0n) is 11.2. The van der Waals surface area contributed by atoms with Crippen molar-refractivity contribution in [3.05, 3.63) is 58.2 Å². The Bertz CT molecular complexity index is 850. The number of halogens is 1. The van der Waals surface area contributed by atoms with Gasteiger partial charge in [0.1, 0.15) is 11.6 Å². The topological polar surface area (TPSA) is 52.2 Å². The Morgan fingerprint density at radius 3 is 2.75 bits per heavy atom. The first-order valence-corrected chi connectivity index (χ1v) is 6.33. The molecule has 3 rings (SSSR count). The fourth-order valence-electron chi connectivity index (χ4n) is 2.11. The predicted octanol–water partition coefficient (Wildman–Crippen LogP) is 1.89. The lowest BCUT2D eigenvalue weighted by Crippen LogP contribution is -2.20. The van der Waals surface area contributed by atoms with Gasteiger partial charge < -0.3 is 0 Å². The number of hydrogen-bond acceptors (Lipinski definition) is 3. The van der Waals surface area contributed by atoms with E-state index in [9.17, 15) is 9.18 Å². The van der Waals surface area contributed by atoms with E-state index in [1.54, 1.807) is 35.9 Å². The molecule has 2 heterocycles. The lowest BCUT2D eigenvalue weighted by atomic mass is 10.2. The normalized spacial score (nSPS) is 11.2. The molecule has 0 bridgehead atoms. The minimum absolute atomic E-state index is 0.241. The second-order valence-corrected chi connectivity index (χ2v) is 4.57. The summed E-state index contributed by atoms with van der Waals surface area (Å²) in [5.74, 6) is 0.379. The van der Waals surface area contributed by atoms with Gasteiger partial charge in [0.15, 0.2) is 0 Å². The molecule has 0 N–H and O–H groups in total. The minimum atomic E-state index is -0.343. The highest BCUT2D eigenvalue weighted by Gasteiger charge is 2.11. The Labute approximate surface area is 114 Å². The van der Waals surface area contributed by atoms with Crippen LogP contribution in [0, 0.1) is 12.7 Å². The zero-order valence-corrected chi connectivity index (χ0v) is 11.2. The van der Waals surface area contributed by atoms with Gasteiger partial charge in [0.05, 0.1) is 5.69 Å². The molecule has 6 heteroatoms. The largest absolute Gasteiger partial charge is 0.300 e. The molecule has 20 heavy (non-hydrogen) atoms. The van der Waals surface area contributed by atoms with Crippen LogP contribution in [0.1, 0.15) is 18.3 Å². The lowest BCUT2D eigenvalue weighted by molar-refractivity contribution is 0.617. The van der Waals surface area contributed by atoms with Crippen molar-refractivity contribution in [3.8, 4) is 5.69 Å². The summed E-state index contributed by atoms with van der Waals surface area (Å²) in [6.45, 7) is 3.62. The van der Waals surface area contributed by atoms with Gasteiger partial charge in [-0.2, -0.15) is 0 Å². The Hall–Kier alpha value is -2.50. The summed E-state index contributed by atoms with van der Waals surface area (Å²) in [5, 5.41) is 7.87. The van der Waals surface area contributed by atoms with E-state index in [1.165, 1.54) is 10.6 Å². The first-order chi connectivity index (χ1) is 9.61. The number of hydrogen-bond donors (Lipinski definition) is 0. The van der Waals surface area contributed by atoms with E-state index < -0.39 is 0 Å². The number of aromatic nitrogens is 4. The van der Waals surface area contributed by atoms with E-state index in [1.807, 2.05) is 6.92 Å². The van der Waals surface area contributed by atoms with Gasteiger partial charge in [-0.15, -0.1) is 10.2 Å². The lowest BCUT2D eigenvalue weighted by Gasteiger charge is -2.07. The average molecular weight is 272 g/mol. The summed E-state index contributed by atoms with van der Waals surface area (Å²) in [4.78, 5) is 12.4. The smallest absolute Gasteiger partial charge is 0.280 e. The molecule has 2 aromatic heterocycles. The quantitative estimate of drug-likeness (QED) is 0.716. The predicted molar refractivity (Wildman–Crippen MR) is 72.7 cm³/mol. The maximum atomic E-state index is 13.6. The van der Waals surface area contributed by atoms with Crippen LogP contribution in [0.3, 0.4) is 0 Å². The molecule has 0 aliphatic rings. The van der Waals surface area contributed by atoms with Gasteiger partial charge in [0, 0.05) is 18.8 Å². The molecule has 0 aliphatic heterocycles. The third-order valence-corrected chi connectivity index (χ3v) is 3.29. The first-order valence-electron chi connectivity index (χ1n) is 6.33. The maximum Gasteiger partial charge on any atom is 0.300 e. The molecule has 102 valence electrons. The number of fused-ring (bicyclic) bond motifs is 1. The summed E-state index contributed by atoms with van der Waals surface area (Å²) in [6.07, 6.45) is 4.00. The highest BCUT2D eigenvalue weighted by Crippen LogP contribution is 2.12. The van der Waals surface area contributed by atoms with Crippen molar-refractivity contribution in [2.75, 3.05) is 0 Å². The molecule has 0 saturated carbocycles. The van der Waals surface area contributed by atoms with Crippen molar-refractivity contribution in [2.45, 2.75) is 20.3 Å². The molecule has 0 spiro atoms. The molecule has 0 unspecified atom stereocenters. The van der Waals surface area contributed by atoms with Gasteiger partial charge in [-0.05, 0) is 24.6 Å². The highest BCUT2D eigenvalue weighted by molar-refractivity contribution is 5.41. The summed E-state index contributed by atoms with van der Waals surface area (Å²) < 4.78 is 16.6. The number of aryl methyl sites for hydroxylation is 2. The fraction of sp³-hybridized carbons (Fsp3) is 0.214. The van der Waals surface area contributed by atoms with E-state index >= 15 is 0 Å². The third-order valence-electron chi connectivity index (χ3n) is 3.29. The van der Waals surface area contributed by atoms with Gasteiger partial charge >= 0.3 is 5.56 Å². The number of nitrogens with zero attached hydrogens (tertiary/aromatic N) is 4. The van der Waals surface area contributed by atoms with Gasteiger partial charge in [0.2, 0.25) is 5.65 Å². The molecule has 1 aromatic carbocycles. The van der Waals surface area contributed by atoms with E-state index in [0.29, 0.717) is 17.7 Å². The molecule has 3 aromatic rings. The molecule has 0 atom stereocenters. The van der Waals surface area contributed by atoms with Crippen molar-refractivity contribution in [1.29, 1.82) is 0 Å². The van der Waals surface area contributed by atoms with Crippen LogP contribution in [-0.2, 0) is 6.42 Å². The Balaban J connectivity index is 2.24. The van der Waals surface area contributed by atoms with Crippen LogP contribution in [0.5, 0.6) is 0 Å². The molecule has 0 aliphatic carbocycles. The highest BCUT2D eigenvalue weighted by atomic mass is 19.1. The number of rotatable bonds is 2. The molecule has 0 radical (unpaired) electrons. The summed E-state index contributed by atoms with van der Waals surface area (Å²) in [7, 11) is 0. The standard InChI is InChI=1S/C14H13FN4O/c1-3-12-16-17-13-14(20)18(6-7-19(12)13)10-5-4-9(2)11(15)8-10/h4-8H,3H2,1-2H3. The van der Waals surface area contributed by atoms with E-state index in [2.05, 4.69) is 10.2 Å². The third kappa shape index (κ3) is 1.80. The van der Waals surface area contributed by atoms with E-state index in [-0.39, 0.29) is 17.0 Å². The Kier molecular flexibility index (Phi) is 2.85. The second-order valence-electron chi connectivity index (χ2n) is 4.57. The Morgan fingerprint density at radius 1 is 1.25 bits per heavy atom. The molecule has 5 nitrogen and oxygen atoms in total. The molecule has 0 fully saturated rings. The summed E-state index contributed by atoms with van der Waals surface area (Å²) in [6, 6.07) is 4.68. The monoisotopic (exact) mass is 272 g/mol. The van der Waals surface area contributed by atoms with Gasteiger partial charge in [-0.25, -0.2) is 4.39 Å². The van der Waals surface area contributed by atoms with Crippen LogP contribution in [0.15, 0.2) is 35.4 Å². The summed E-state index contributed by atoms with van der Waals surface area (Å²) >= 11 is 0. The van der Waals surface area contributed by atoms with Crippen molar-refractivity contribution < 1.29 is 4.39 Å². The van der Waals surface area contributed by atoms with E-state index in [0.717, 1.165) is 5.82 Å². The SMILES string of the molecule is CCc1nnc2c(=O)n(-c3ccc(C)c(F)c3)ccn12. The Morgan fingerprint density at radius 2 is 2.05 bits per heavy atom. The van der Waals surface area contributed by atoms with Gasteiger partial charge in [-0.1, -0.05) is 13.0 Å². The fourth-order valence-corrected chi connectivity index (χ4v) is 2.11. The van der Waals surface area contributed by atoms with Crippen molar-refractivity contribution >= 4 is 5.65 Å². The van der Waals surface area contributed by atoms with Crippen LogP contribution < -0.4 is 5.56 Å². The van der Waals surface area contributed by atoms with Crippen LogP contribution in [0.4, 0.5) is 4.39 Å². The average Bonchev–Trinajstić information content (AvgIpc) is 2.86. The molecular weight excluding hydrogens is 259 g/mol. The number of benzene rings is 1. The van der Waals surface area contributed by atoms with Crippen LogP contribution in [-0.4, -0.2) is 19.2 Å². The summed E-state index contributed by atoms with van der Waals surface area (Å²) in [5.41, 5.74) is 0.938. The van der Waals surface area contributed by atoms with Crippen LogP contribution in [0.25, 0.3) is 11.3 Å². The zero-order chi connectivity index (χ0) is 14.3. The van der Waals surface area contributed by atoms with Crippen molar-refractivity contribution in [2.24, 2.45) is 0 Å². The molecule has 0 amide bonds. The first kappa shape index (κ1) is 12.5. The molecule has 0 saturated heterocycles. The van der Waals surface area contributed by atoms with Crippen LogP contribution >= 0.6 is 0 Å².